The Morgan fingerprint density at radius 3 is 2.82 bits per heavy atom. The van der Waals surface area contributed by atoms with Gasteiger partial charge >= 0.3 is 0 Å². The van der Waals surface area contributed by atoms with Crippen molar-refractivity contribution in [3.8, 4) is 5.75 Å². The van der Waals surface area contributed by atoms with Crippen LogP contribution < -0.4 is 11.1 Å². The number of rotatable bonds is 4. The first-order valence-electron chi connectivity index (χ1n) is 5.50. The average Bonchev–Trinajstić information content (AvgIpc) is 2.28. The molecule has 17 heavy (non-hydrogen) atoms. The van der Waals surface area contributed by atoms with E-state index in [-0.39, 0.29) is 12.3 Å². The number of halogens is 1. The molecule has 4 nitrogen and oxygen atoms in total. The van der Waals surface area contributed by atoms with E-state index in [1.165, 1.54) is 12.1 Å². The summed E-state index contributed by atoms with van der Waals surface area (Å²) in [6.45, 7) is 5.17. The molecule has 1 rings (SSSR count). The van der Waals surface area contributed by atoms with Crippen LogP contribution in [0.2, 0.25) is 0 Å². The molecule has 4 N–H and O–H groups in total. The highest BCUT2D eigenvalue weighted by atomic mass is 19.1. The van der Waals surface area contributed by atoms with Gasteiger partial charge < -0.3 is 16.2 Å². The van der Waals surface area contributed by atoms with Crippen LogP contribution in [0.1, 0.15) is 19.4 Å². The Morgan fingerprint density at radius 2 is 2.24 bits per heavy atom. The fraction of sp³-hybridized carbons (Fsp3) is 0.417. The number of nitrogens with two attached hydrogens (primary N) is 1. The lowest BCUT2D eigenvalue weighted by Gasteiger charge is -2.07. The lowest BCUT2D eigenvalue weighted by atomic mass is 10.2. The zero-order chi connectivity index (χ0) is 12.8. The molecule has 0 unspecified atom stereocenters. The van der Waals surface area contributed by atoms with Crippen LogP contribution in [0.25, 0.3) is 0 Å². The van der Waals surface area contributed by atoms with E-state index in [1.807, 2.05) is 0 Å². The number of hydrogen-bond donors (Lipinski definition) is 3. The molecule has 0 heterocycles. The molecular weight excluding hydrogens is 221 g/mol. The highest BCUT2D eigenvalue weighted by Gasteiger charge is 2.01. The quantitative estimate of drug-likeness (QED) is 0.552. The van der Waals surface area contributed by atoms with Crippen molar-refractivity contribution in [3.63, 3.8) is 0 Å². The number of aromatic hydroxyl groups is 1. The second kappa shape index (κ2) is 6.08. The molecule has 1 aromatic rings. The molecule has 0 atom stereocenters. The van der Waals surface area contributed by atoms with Gasteiger partial charge in [-0.05, 0) is 23.6 Å². The monoisotopic (exact) mass is 239 g/mol. The first kappa shape index (κ1) is 13.3. The summed E-state index contributed by atoms with van der Waals surface area (Å²) in [6.07, 6.45) is 0. The number of phenols is 1. The van der Waals surface area contributed by atoms with Crippen molar-refractivity contribution in [1.29, 1.82) is 0 Å². The van der Waals surface area contributed by atoms with E-state index in [2.05, 4.69) is 24.2 Å². The lowest BCUT2D eigenvalue weighted by molar-refractivity contribution is 0.432. The Balaban J connectivity index is 2.53. The van der Waals surface area contributed by atoms with Gasteiger partial charge in [-0.1, -0.05) is 19.9 Å². The van der Waals surface area contributed by atoms with E-state index < -0.39 is 5.82 Å². The third-order valence-electron chi connectivity index (χ3n) is 2.14. The molecule has 0 amide bonds. The summed E-state index contributed by atoms with van der Waals surface area (Å²) in [5.41, 5.74) is 6.30. The highest BCUT2D eigenvalue weighted by molar-refractivity contribution is 5.77. The summed E-state index contributed by atoms with van der Waals surface area (Å²) in [5.74, 6) is -0.183. The molecule has 0 spiro atoms. The van der Waals surface area contributed by atoms with Crippen molar-refractivity contribution in [1.82, 2.24) is 5.32 Å². The Morgan fingerprint density at radius 1 is 1.53 bits per heavy atom. The van der Waals surface area contributed by atoms with Crippen molar-refractivity contribution < 1.29 is 9.50 Å². The molecule has 5 heteroatoms. The molecule has 0 saturated carbocycles. The number of nitrogens with one attached hydrogen (secondary N) is 1. The van der Waals surface area contributed by atoms with Crippen LogP contribution in [0, 0.1) is 11.7 Å². The SMILES string of the molecule is CC(C)CNC(N)=NCc1ccc(O)c(F)c1. The summed E-state index contributed by atoms with van der Waals surface area (Å²) in [4.78, 5) is 4.07. The predicted molar refractivity (Wildman–Crippen MR) is 66.2 cm³/mol. The fourth-order valence-corrected chi connectivity index (χ4v) is 1.19. The summed E-state index contributed by atoms with van der Waals surface area (Å²) >= 11 is 0. The van der Waals surface area contributed by atoms with Crippen molar-refractivity contribution in [2.24, 2.45) is 16.6 Å². The van der Waals surface area contributed by atoms with Crippen molar-refractivity contribution in [3.05, 3.63) is 29.6 Å². The van der Waals surface area contributed by atoms with Crippen LogP contribution in [0.4, 0.5) is 4.39 Å². The van der Waals surface area contributed by atoms with Gasteiger partial charge in [0.1, 0.15) is 0 Å². The smallest absolute Gasteiger partial charge is 0.188 e. The van der Waals surface area contributed by atoms with Crippen LogP contribution in [0.3, 0.4) is 0 Å². The molecule has 0 radical (unpaired) electrons. The summed E-state index contributed by atoms with van der Waals surface area (Å²) in [6, 6.07) is 4.16. The minimum Gasteiger partial charge on any atom is -0.505 e. The van der Waals surface area contributed by atoms with Gasteiger partial charge in [0, 0.05) is 6.54 Å². The predicted octanol–water partition coefficient (Wildman–Crippen LogP) is 1.59. The maximum Gasteiger partial charge on any atom is 0.188 e. The molecule has 0 aliphatic carbocycles. The highest BCUT2D eigenvalue weighted by Crippen LogP contribution is 2.16. The Hall–Kier alpha value is -1.78. The molecule has 0 saturated heterocycles. The number of guanidine groups is 1. The second-order valence-electron chi connectivity index (χ2n) is 4.26. The zero-order valence-corrected chi connectivity index (χ0v) is 10.1. The number of nitrogens with zero attached hydrogens (tertiary/aromatic N) is 1. The standard InChI is InChI=1S/C12H18FN3O/c1-8(2)6-15-12(14)16-7-9-3-4-11(17)10(13)5-9/h3-5,8,17H,6-7H2,1-2H3,(H3,14,15,16). The number of phenolic OH excluding ortho intramolecular Hbond substituents is 1. The van der Waals surface area contributed by atoms with Gasteiger partial charge in [0.05, 0.1) is 6.54 Å². The van der Waals surface area contributed by atoms with Gasteiger partial charge in [-0.2, -0.15) is 0 Å². The third kappa shape index (κ3) is 4.72. The molecule has 0 aliphatic rings. The summed E-state index contributed by atoms with van der Waals surface area (Å²) in [5, 5.41) is 12.0. The summed E-state index contributed by atoms with van der Waals surface area (Å²) < 4.78 is 13.0. The van der Waals surface area contributed by atoms with Gasteiger partial charge in [-0.15, -0.1) is 0 Å². The topological polar surface area (TPSA) is 70.6 Å². The van der Waals surface area contributed by atoms with Gasteiger partial charge in [-0.25, -0.2) is 9.38 Å². The zero-order valence-electron chi connectivity index (χ0n) is 10.1. The van der Waals surface area contributed by atoms with E-state index in [9.17, 15) is 4.39 Å². The van der Waals surface area contributed by atoms with Gasteiger partial charge in [0.2, 0.25) is 0 Å². The van der Waals surface area contributed by atoms with E-state index >= 15 is 0 Å². The Bertz CT molecular complexity index is 405. The lowest BCUT2D eigenvalue weighted by Crippen LogP contribution is -2.34. The van der Waals surface area contributed by atoms with Crippen molar-refractivity contribution in [2.75, 3.05) is 6.54 Å². The molecule has 1 aromatic carbocycles. The van der Waals surface area contributed by atoms with Crippen molar-refractivity contribution >= 4 is 5.96 Å². The first-order valence-corrected chi connectivity index (χ1v) is 5.50. The van der Waals surface area contributed by atoms with E-state index in [1.54, 1.807) is 6.07 Å². The van der Waals surface area contributed by atoms with Gasteiger partial charge in [0.15, 0.2) is 17.5 Å². The van der Waals surface area contributed by atoms with E-state index in [0.29, 0.717) is 17.4 Å². The summed E-state index contributed by atoms with van der Waals surface area (Å²) in [7, 11) is 0. The van der Waals surface area contributed by atoms with Gasteiger partial charge in [0.25, 0.3) is 0 Å². The number of aliphatic imine (C=N–C) groups is 1. The van der Waals surface area contributed by atoms with Crippen LogP contribution in [-0.4, -0.2) is 17.6 Å². The fourth-order valence-electron chi connectivity index (χ4n) is 1.19. The van der Waals surface area contributed by atoms with Crippen molar-refractivity contribution in [2.45, 2.75) is 20.4 Å². The van der Waals surface area contributed by atoms with Gasteiger partial charge in [-0.3, -0.25) is 0 Å². The Labute approximate surface area is 100 Å². The average molecular weight is 239 g/mol. The minimum absolute atomic E-state index is 0.286. The van der Waals surface area contributed by atoms with E-state index in [0.717, 1.165) is 6.54 Å². The van der Waals surface area contributed by atoms with Crippen LogP contribution >= 0.6 is 0 Å². The van der Waals surface area contributed by atoms with Crippen LogP contribution in [0.5, 0.6) is 5.75 Å². The Kier molecular flexibility index (Phi) is 4.75. The number of hydrogen-bond acceptors (Lipinski definition) is 2. The second-order valence-corrected chi connectivity index (χ2v) is 4.26. The first-order chi connectivity index (χ1) is 7.99. The van der Waals surface area contributed by atoms with Crippen LogP contribution in [-0.2, 0) is 6.54 Å². The minimum atomic E-state index is -0.647. The molecule has 0 aliphatic heterocycles. The molecule has 94 valence electrons. The third-order valence-corrected chi connectivity index (χ3v) is 2.14. The molecule has 0 bridgehead atoms. The molecule has 0 fully saturated rings. The van der Waals surface area contributed by atoms with E-state index in [4.69, 9.17) is 10.8 Å². The number of benzene rings is 1. The van der Waals surface area contributed by atoms with Crippen LogP contribution in [0.15, 0.2) is 23.2 Å². The largest absolute Gasteiger partial charge is 0.505 e. The molecule has 0 aromatic heterocycles. The maximum atomic E-state index is 13.0. The maximum absolute atomic E-state index is 13.0. The normalized spacial score (nSPS) is 11.9. The molecular formula is C12H18FN3O.